The average Bonchev–Trinajstić information content (AvgIpc) is 3.60. The third kappa shape index (κ3) is 5.53. The second-order valence-electron chi connectivity index (χ2n) is 13.8. The Balaban J connectivity index is 1.10. The Bertz CT molecular complexity index is 2790. The Labute approximate surface area is 315 Å². The fourth-order valence-corrected chi connectivity index (χ4v) is 8.02. The lowest BCUT2D eigenvalue weighted by molar-refractivity contribution is 1.27. The zero-order chi connectivity index (χ0) is 35.8. The van der Waals surface area contributed by atoms with E-state index in [0.717, 1.165) is 17.1 Å². The molecule has 2 nitrogen and oxygen atoms in total. The van der Waals surface area contributed by atoms with E-state index in [1.165, 1.54) is 71.7 Å². The van der Waals surface area contributed by atoms with Crippen molar-refractivity contribution in [3.63, 3.8) is 0 Å². The Morgan fingerprint density at radius 3 is 1.20 bits per heavy atom. The predicted octanol–water partition coefficient (Wildman–Crippen LogP) is 14.4. The van der Waals surface area contributed by atoms with E-state index in [1.807, 2.05) is 0 Å². The molecular weight excluding hydrogens is 653 g/mol. The van der Waals surface area contributed by atoms with Gasteiger partial charge < -0.3 is 9.30 Å². The number of nitrogens with zero attached hydrogens (tertiary/aromatic N) is 2. The molecule has 54 heavy (non-hydrogen) atoms. The molecule has 0 spiro atoms. The minimum absolute atomic E-state index is 1.10. The first kappa shape index (κ1) is 31.6. The number of para-hydroxylation sites is 1. The molecule has 0 bridgehead atoms. The van der Waals surface area contributed by atoms with Crippen molar-refractivity contribution in [3.8, 4) is 44.5 Å². The van der Waals surface area contributed by atoms with Crippen LogP contribution in [0.25, 0.3) is 71.7 Å². The van der Waals surface area contributed by atoms with E-state index >= 15 is 0 Å². The highest BCUT2D eigenvalue weighted by Gasteiger charge is 2.19. The molecular formula is C52H36N2. The SMILES string of the molecule is c1ccc(-c2ccc(N(c3ccc(-c4ccccc4)cc3)c3ccc(-c4cn5c6ccccc6c(-c6ccccc6)c5c5ccccc45)cc3)cc2)cc1. The van der Waals surface area contributed by atoms with Gasteiger partial charge in [-0.25, -0.2) is 0 Å². The molecule has 2 heterocycles. The van der Waals surface area contributed by atoms with E-state index in [4.69, 9.17) is 0 Å². The normalized spacial score (nSPS) is 11.3. The zero-order valence-corrected chi connectivity index (χ0v) is 29.7. The van der Waals surface area contributed by atoms with E-state index in [1.54, 1.807) is 0 Å². The highest BCUT2D eigenvalue weighted by atomic mass is 15.1. The van der Waals surface area contributed by atoms with Crippen molar-refractivity contribution in [2.45, 2.75) is 0 Å². The van der Waals surface area contributed by atoms with Crippen LogP contribution in [0.4, 0.5) is 17.1 Å². The van der Waals surface area contributed by atoms with Crippen LogP contribution in [0, 0.1) is 0 Å². The topological polar surface area (TPSA) is 7.65 Å². The summed E-state index contributed by atoms with van der Waals surface area (Å²) in [6.45, 7) is 0. The fourth-order valence-electron chi connectivity index (χ4n) is 8.02. The highest BCUT2D eigenvalue weighted by Crippen LogP contribution is 2.43. The van der Waals surface area contributed by atoms with Crippen LogP contribution in [0.5, 0.6) is 0 Å². The predicted molar refractivity (Wildman–Crippen MR) is 229 cm³/mol. The first-order valence-corrected chi connectivity index (χ1v) is 18.5. The summed E-state index contributed by atoms with van der Waals surface area (Å²) in [4.78, 5) is 2.35. The Hall–Kier alpha value is -7.16. The number of benzene rings is 8. The summed E-state index contributed by atoms with van der Waals surface area (Å²) in [5.74, 6) is 0. The minimum atomic E-state index is 1.10. The van der Waals surface area contributed by atoms with Gasteiger partial charge in [0.1, 0.15) is 0 Å². The maximum absolute atomic E-state index is 2.40. The van der Waals surface area contributed by atoms with Crippen LogP contribution in [0.15, 0.2) is 219 Å². The molecule has 2 heteroatoms. The first-order valence-electron chi connectivity index (χ1n) is 18.5. The van der Waals surface area contributed by atoms with E-state index in [2.05, 4.69) is 228 Å². The number of hydrogen-bond donors (Lipinski definition) is 0. The van der Waals surface area contributed by atoms with Crippen LogP contribution < -0.4 is 4.90 Å². The van der Waals surface area contributed by atoms with Crippen LogP contribution in [0.2, 0.25) is 0 Å². The van der Waals surface area contributed by atoms with E-state index in [-0.39, 0.29) is 0 Å². The molecule has 0 atom stereocenters. The summed E-state index contributed by atoms with van der Waals surface area (Å²) in [7, 11) is 0. The largest absolute Gasteiger partial charge is 0.315 e. The molecule has 0 saturated carbocycles. The summed E-state index contributed by atoms with van der Waals surface area (Å²) >= 11 is 0. The van der Waals surface area contributed by atoms with Gasteiger partial charge in [0.05, 0.1) is 11.0 Å². The lowest BCUT2D eigenvalue weighted by Gasteiger charge is -2.26. The number of aromatic nitrogens is 1. The molecule has 0 aliphatic rings. The third-order valence-electron chi connectivity index (χ3n) is 10.6. The Morgan fingerprint density at radius 1 is 0.296 bits per heavy atom. The fraction of sp³-hybridized carbons (Fsp3) is 0. The highest BCUT2D eigenvalue weighted by molar-refractivity contribution is 6.17. The number of hydrogen-bond acceptors (Lipinski definition) is 1. The summed E-state index contributed by atoms with van der Waals surface area (Å²) < 4.78 is 2.40. The summed E-state index contributed by atoms with van der Waals surface area (Å²) in [5, 5.41) is 3.74. The Morgan fingerprint density at radius 2 is 0.685 bits per heavy atom. The number of anilines is 3. The number of pyridine rings is 1. The maximum atomic E-state index is 2.40. The second-order valence-corrected chi connectivity index (χ2v) is 13.8. The molecule has 0 aliphatic heterocycles. The second kappa shape index (κ2) is 13.4. The van der Waals surface area contributed by atoms with Gasteiger partial charge in [-0.3, -0.25) is 0 Å². The van der Waals surface area contributed by atoms with Gasteiger partial charge >= 0.3 is 0 Å². The summed E-state index contributed by atoms with van der Waals surface area (Å²) in [6.07, 6.45) is 2.34. The van der Waals surface area contributed by atoms with Crippen molar-refractivity contribution >= 4 is 44.3 Å². The number of rotatable bonds is 7. The molecule has 0 fully saturated rings. The maximum Gasteiger partial charge on any atom is 0.0619 e. The van der Waals surface area contributed by atoms with E-state index in [9.17, 15) is 0 Å². The lowest BCUT2D eigenvalue weighted by Crippen LogP contribution is -2.09. The molecule has 8 aromatic carbocycles. The van der Waals surface area contributed by atoms with Crippen molar-refractivity contribution in [2.75, 3.05) is 4.90 Å². The van der Waals surface area contributed by atoms with Crippen molar-refractivity contribution in [3.05, 3.63) is 219 Å². The summed E-state index contributed by atoms with van der Waals surface area (Å²) in [5.41, 5.74) is 15.5. The lowest BCUT2D eigenvalue weighted by atomic mass is 9.96. The van der Waals surface area contributed by atoms with Gasteiger partial charge in [0.2, 0.25) is 0 Å². The quantitative estimate of drug-likeness (QED) is 0.162. The third-order valence-corrected chi connectivity index (χ3v) is 10.6. The van der Waals surface area contributed by atoms with Crippen LogP contribution in [0.1, 0.15) is 0 Å². The van der Waals surface area contributed by atoms with Gasteiger partial charge in [-0.2, -0.15) is 0 Å². The van der Waals surface area contributed by atoms with Crippen LogP contribution in [0.3, 0.4) is 0 Å². The molecule has 0 unspecified atom stereocenters. The van der Waals surface area contributed by atoms with Crippen LogP contribution in [-0.2, 0) is 0 Å². The smallest absolute Gasteiger partial charge is 0.0619 e. The molecule has 0 amide bonds. The average molecular weight is 689 g/mol. The van der Waals surface area contributed by atoms with Gasteiger partial charge in [-0.15, -0.1) is 0 Å². The van der Waals surface area contributed by atoms with E-state index in [0.29, 0.717) is 0 Å². The van der Waals surface area contributed by atoms with E-state index < -0.39 is 0 Å². The molecule has 2 aromatic heterocycles. The van der Waals surface area contributed by atoms with Gasteiger partial charge in [0.15, 0.2) is 0 Å². The van der Waals surface area contributed by atoms with Crippen LogP contribution in [-0.4, -0.2) is 4.40 Å². The molecule has 0 aliphatic carbocycles. The van der Waals surface area contributed by atoms with Crippen molar-refractivity contribution in [1.82, 2.24) is 4.40 Å². The summed E-state index contributed by atoms with van der Waals surface area (Å²) in [6, 6.07) is 76.4. The van der Waals surface area contributed by atoms with Crippen molar-refractivity contribution in [2.24, 2.45) is 0 Å². The minimum Gasteiger partial charge on any atom is -0.315 e. The molecule has 10 aromatic rings. The zero-order valence-electron chi connectivity index (χ0n) is 29.7. The standard InChI is InChI=1S/C52H36N2/c1-4-14-37(15-5-1)39-24-30-43(31-25-39)54(44-32-26-40(27-33-44)38-16-6-2-7-17-38)45-34-28-41(29-35-45)49-36-53-50-23-13-12-22-48(50)51(42-18-8-3-9-19-42)52(53)47-21-11-10-20-46(47)49/h1-36H. The first-order chi connectivity index (χ1) is 26.8. The molecule has 0 saturated heterocycles. The van der Waals surface area contributed by atoms with Crippen molar-refractivity contribution in [1.29, 1.82) is 0 Å². The molecule has 10 rings (SSSR count). The molecule has 254 valence electrons. The van der Waals surface area contributed by atoms with Gasteiger partial charge in [-0.05, 0) is 81.2 Å². The molecule has 0 radical (unpaired) electrons. The van der Waals surface area contributed by atoms with Crippen molar-refractivity contribution < 1.29 is 0 Å². The van der Waals surface area contributed by atoms with Gasteiger partial charge in [0.25, 0.3) is 0 Å². The monoisotopic (exact) mass is 688 g/mol. The number of fused-ring (bicyclic) bond motifs is 5. The van der Waals surface area contributed by atoms with Gasteiger partial charge in [0, 0.05) is 45.2 Å². The Kier molecular flexibility index (Phi) is 7.85. The molecule has 0 N–H and O–H groups in total. The van der Waals surface area contributed by atoms with Gasteiger partial charge in [-0.1, -0.05) is 170 Å². The van der Waals surface area contributed by atoms with Crippen LogP contribution >= 0.6 is 0 Å².